The molecule has 7 nitrogen and oxygen atoms in total. The van der Waals surface area contributed by atoms with Crippen LogP contribution in [0, 0.1) is 0 Å². The highest BCUT2D eigenvalue weighted by Gasteiger charge is 2.37. The van der Waals surface area contributed by atoms with Crippen molar-refractivity contribution in [1.29, 1.82) is 0 Å². The van der Waals surface area contributed by atoms with Gasteiger partial charge in [-0.1, -0.05) is 42.5 Å². The predicted molar refractivity (Wildman–Crippen MR) is 138 cm³/mol. The minimum absolute atomic E-state index is 0.201. The Bertz CT molecular complexity index is 1100. The van der Waals surface area contributed by atoms with E-state index in [2.05, 4.69) is 17.0 Å². The van der Waals surface area contributed by atoms with E-state index in [-0.39, 0.29) is 12.5 Å². The van der Waals surface area contributed by atoms with Crippen molar-refractivity contribution in [3.05, 3.63) is 77.2 Å². The first-order valence-corrected chi connectivity index (χ1v) is 12.0. The SMILES string of the molecule is CN(C)c1ccc(/C=C/C=C2/SC(=O)N(CC(=O)N3CCN(c4ccccc4)CC3)C2=O)cc1. The van der Waals surface area contributed by atoms with Gasteiger partial charge in [0.15, 0.2) is 0 Å². The molecule has 34 heavy (non-hydrogen) atoms. The first kappa shape index (κ1) is 23.6. The van der Waals surface area contributed by atoms with Gasteiger partial charge in [0, 0.05) is 51.6 Å². The Kier molecular flexibility index (Phi) is 7.37. The number of amides is 3. The van der Waals surface area contributed by atoms with Crippen molar-refractivity contribution in [1.82, 2.24) is 9.80 Å². The number of imide groups is 1. The molecular weight excluding hydrogens is 448 g/mol. The molecule has 176 valence electrons. The van der Waals surface area contributed by atoms with Crippen molar-refractivity contribution in [2.45, 2.75) is 0 Å². The number of hydrogen-bond donors (Lipinski definition) is 0. The molecule has 0 spiro atoms. The third-order valence-corrected chi connectivity index (χ3v) is 6.79. The number of carbonyl (C=O) groups excluding carboxylic acids is 3. The van der Waals surface area contributed by atoms with Crippen LogP contribution in [0.1, 0.15) is 5.56 Å². The van der Waals surface area contributed by atoms with E-state index in [1.807, 2.05) is 67.5 Å². The van der Waals surface area contributed by atoms with Crippen LogP contribution in [0.4, 0.5) is 16.2 Å². The molecule has 0 radical (unpaired) electrons. The summed E-state index contributed by atoms with van der Waals surface area (Å²) in [5, 5.41) is -0.406. The summed E-state index contributed by atoms with van der Waals surface area (Å²) in [6, 6.07) is 18.1. The first-order valence-electron chi connectivity index (χ1n) is 11.2. The van der Waals surface area contributed by atoms with Crippen LogP contribution in [-0.4, -0.2) is 73.7 Å². The highest BCUT2D eigenvalue weighted by molar-refractivity contribution is 8.18. The smallest absolute Gasteiger partial charge is 0.294 e. The first-order chi connectivity index (χ1) is 16.4. The Hall–Kier alpha value is -3.52. The zero-order valence-electron chi connectivity index (χ0n) is 19.4. The summed E-state index contributed by atoms with van der Waals surface area (Å²) in [6.07, 6.45) is 5.27. The molecule has 0 atom stereocenters. The van der Waals surface area contributed by atoms with Crippen LogP contribution in [0.5, 0.6) is 0 Å². The summed E-state index contributed by atoms with van der Waals surface area (Å²) in [5.41, 5.74) is 3.22. The molecule has 0 unspecified atom stereocenters. The highest BCUT2D eigenvalue weighted by atomic mass is 32.2. The Balaban J connectivity index is 1.31. The average molecular weight is 477 g/mol. The largest absolute Gasteiger partial charge is 0.378 e. The van der Waals surface area contributed by atoms with E-state index in [0.29, 0.717) is 18.0 Å². The molecule has 0 bridgehead atoms. The van der Waals surface area contributed by atoms with Gasteiger partial charge in [0.2, 0.25) is 5.91 Å². The third-order valence-electron chi connectivity index (χ3n) is 5.87. The molecule has 2 heterocycles. The summed E-state index contributed by atoms with van der Waals surface area (Å²) in [5.74, 6) is -0.619. The fraction of sp³-hybridized carbons (Fsp3) is 0.269. The number of para-hydroxylation sites is 1. The van der Waals surface area contributed by atoms with Gasteiger partial charge in [-0.2, -0.15) is 0 Å². The van der Waals surface area contributed by atoms with Gasteiger partial charge in [-0.25, -0.2) is 0 Å². The topological polar surface area (TPSA) is 64.2 Å². The summed E-state index contributed by atoms with van der Waals surface area (Å²) in [4.78, 5) is 45.3. The predicted octanol–water partition coefficient (Wildman–Crippen LogP) is 3.69. The van der Waals surface area contributed by atoms with E-state index in [1.165, 1.54) is 0 Å². The Labute approximate surface area is 204 Å². The molecule has 2 aliphatic heterocycles. The third kappa shape index (κ3) is 5.51. The molecule has 2 saturated heterocycles. The monoisotopic (exact) mass is 476 g/mol. The van der Waals surface area contributed by atoms with Crippen molar-refractivity contribution in [2.24, 2.45) is 0 Å². The van der Waals surface area contributed by atoms with Crippen molar-refractivity contribution in [3.8, 4) is 0 Å². The second-order valence-electron chi connectivity index (χ2n) is 8.34. The van der Waals surface area contributed by atoms with Crippen LogP contribution < -0.4 is 9.80 Å². The zero-order chi connectivity index (χ0) is 24.1. The molecule has 8 heteroatoms. The fourth-order valence-corrected chi connectivity index (χ4v) is 4.66. The van der Waals surface area contributed by atoms with Gasteiger partial charge in [-0.05, 0) is 47.7 Å². The van der Waals surface area contributed by atoms with Crippen LogP contribution in [0.3, 0.4) is 0 Å². The lowest BCUT2D eigenvalue weighted by Gasteiger charge is -2.36. The quantitative estimate of drug-likeness (QED) is 0.593. The minimum atomic E-state index is -0.418. The second-order valence-corrected chi connectivity index (χ2v) is 9.33. The van der Waals surface area contributed by atoms with Gasteiger partial charge in [-0.15, -0.1) is 0 Å². The lowest BCUT2D eigenvalue weighted by molar-refractivity contribution is -0.136. The number of nitrogens with zero attached hydrogens (tertiary/aromatic N) is 4. The maximum atomic E-state index is 12.8. The summed E-state index contributed by atoms with van der Waals surface area (Å²) >= 11 is 0.871. The molecule has 2 aromatic rings. The number of thioether (sulfide) groups is 1. The number of benzene rings is 2. The number of hydrogen-bond acceptors (Lipinski definition) is 6. The molecule has 2 aromatic carbocycles. The van der Waals surface area contributed by atoms with E-state index >= 15 is 0 Å². The normalized spacial score (nSPS) is 17.8. The molecule has 0 saturated carbocycles. The lowest BCUT2D eigenvalue weighted by atomic mass is 10.2. The van der Waals surface area contributed by atoms with E-state index < -0.39 is 11.1 Å². The molecule has 4 rings (SSSR count). The van der Waals surface area contributed by atoms with Crippen LogP contribution in [0.15, 0.2) is 71.7 Å². The summed E-state index contributed by atoms with van der Waals surface area (Å²) < 4.78 is 0. The lowest BCUT2D eigenvalue weighted by Crippen LogP contribution is -2.51. The standard InChI is InChI=1S/C26H28N4O3S/c1-27(2)21-13-11-20(12-14-21)7-6-10-23-25(32)30(26(33)34-23)19-24(31)29-17-15-28(16-18-29)22-8-4-3-5-9-22/h3-14H,15-19H2,1-2H3/b7-6+,23-10+. The van der Waals surface area contributed by atoms with Gasteiger partial charge < -0.3 is 14.7 Å². The fourth-order valence-electron chi connectivity index (χ4n) is 3.87. The maximum absolute atomic E-state index is 12.8. The molecule has 3 amide bonds. The number of piperazine rings is 1. The van der Waals surface area contributed by atoms with Crippen LogP contribution in [0.2, 0.25) is 0 Å². The molecule has 0 aliphatic carbocycles. The molecule has 2 aliphatic rings. The van der Waals surface area contributed by atoms with Gasteiger partial charge in [0.1, 0.15) is 6.54 Å². The molecular formula is C26H28N4O3S. The summed E-state index contributed by atoms with van der Waals surface area (Å²) in [7, 11) is 3.96. The van der Waals surface area contributed by atoms with Crippen molar-refractivity contribution in [3.63, 3.8) is 0 Å². The maximum Gasteiger partial charge on any atom is 0.294 e. The molecule has 0 aromatic heterocycles. The van der Waals surface area contributed by atoms with E-state index in [4.69, 9.17) is 0 Å². The Morgan fingerprint density at radius 3 is 2.29 bits per heavy atom. The van der Waals surface area contributed by atoms with Gasteiger partial charge in [0.25, 0.3) is 11.1 Å². The van der Waals surface area contributed by atoms with Crippen molar-refractivity contribution < 1.29 is 14.4 Å². The second kappa shape index (κ2) is 10.6. The summed E-state index contributed by atoms with van der Waals surface area (Å²) in [6.45, 7) is 2.35. The Morgan fingerprint density at radius 2 is 1.65 bits per heavy atom. The minimum Gasteiger partial charge on any atom is -0.378 e. The van der Waals surface area contributed by atoms with Crippen LogP contribution in [0.25, 0.3) is 6.08 Å². The van der Waals surface area contributed by atoms with Gasteiger partial charge in [-0.3, -0.25) is 19.3 Å². The number of carbonyl (C=O) groups is 3. The van der Waals surface area contributed by atoms with E-state index in [9.17, 15) is 14.4 Å². The zero-order valence-corrected chi connectivity index (χ0v) is 20.2. The number of allylic oxidation sites excluding steroid dienone is 2. The van der Waals surface area contributed by atoms with Gasteiger partial charge >= 0.3 is 0 Å². The van der Waals surface area contributed by atoms with Crippen LogP contribution >= 0.6 is 11.8 Å². The Morgan fingerprint density at radius 1 is 0.971 bits per heavy atom. The van der Waals surface area contributed by atoms with Crippen molar-refractivity contribution in [2.75, 3.05) is 56.6 Å². The van der Waals surface area contributed by atoms with E-state index in [1.54, 1.807) is 17.1 Å². The van der Waals surface area contributed by atoms with Crippen LogP contribution in [-0.2, 0) is 9.59 Å². The number of rotatable bonds is 6. The van der Waals surface area contributed by atoms with Crippen molar-refractivity contribution >= 4 is 46.3 Å². The van der Waals surface area contributed by atoms with Gasteiger partial charge in [0.05, 0.1) is 4.91 Å². The highest BCUT2D eigenvalue weighted by Crippen LogP contribution is 2.30. The number of anilines is 2. The molecule has 0 N–H and O–H groups in total. The average Bonchev–Trinajstić information content (AvgIpc) is 3.12. The molecule has 2 fully saturated rings. The van der Waals surface area contributed by atoms with E-state index in [0.717, 1.165) is 46.7 Å².